The number of carbonyl (C=O) groups is 2. The van der Waals surface area contributed by atoms with Gasteiger partial charge in [-0.05, 0) is 48.7 Å². The van der Waals surface area contributed by atoms with Gasteiger partial charge in [-0.1, -0.05) is 6.92 Å². The molecule has 2 atom stereocenters. The first-order valence-corrected chi connectivity index (χ1v) is 8.04. The van der Waals surface area contributed by atoms with Crippen LogP contribution in [0.1, 0.15) is 41.1 Å². The van der Waals surface area contributed by atoms with Gasteiger partial charge in [0.2, 0.25) is 11.8 Å². The van der Waals surface area contributed by atoms with Gasteiger partial charge in [-0.25, -0.2) is 0 Å². The number of hydrogen-bond donors (Lipinski definition) is 2. The third-order valence-corrected chi connectivity index (χ3v) is 4.26. The van der Waals surface area contributed by atoms with E-state index in [-0.39, 0.29) is 11.5 Å². The van der Waals surface area contributed by atoms with E-state index in [1.807, 2.05) is 12.1 Å². The number of amides is 2. The number of nitrogens with two attached hydrogens (primary N) is 1. The Morgan fingerprint density at radius 1 is 1.32 bits per heavy atom. The lowest BCUT2D eigenvalue weighted by Crippen LogP contribution is -2.13. The highest BCUT2D eigenvalue weighted by Crippen LogP contribution is 2.47. The molecule has 1 aliphatic rings. The third kappa shape index (κ3) is 3.91. The van der Waals surface area contributed by atoms with E-state index >= 15 is 0 Å². The zero-order valence-corrected chi connectivity index (χ0v) is 14.1. The average molecular weight is 340 g/mol. The minimum Gasteiger partial charge on any atom is -0.495 e. The second kappa shape index (κ2) is 6.84. The molecule has 1 heterocycles. The molecular formula is C19H20N2O4. The summed E-state index contributed by atoms with van der Waals surface area (Å²) in [7, 11) is 1.48. The molecule has 0 bridgehead atoms. The molecule has 2 aromatic rings. The quantitative estimate of drug-likeness (QED) is 0.790. The number of methoxy groups -OCH3 is 1. The lowest BCUT2D eigenvalue weighted by molar-refractivity contribution is -0.111. The number of furan rings is 1. The molecular weight excluding hydrogens is 320 g/mol. The Morgan fingerprint density at radius 2 is 2.08 bits per heavy atom. The van der Waals surface area contributed by atoms with Crippen LogP contribution in [-0.2, 0) is 4.79 Å². The largest absolute Gasteiger partial charge is 0.495 e. The van der Waals surface area contributed by atoms with Crippen molar-refractivity contribution in [3.05, 3.63) is 53.5 Å². The second-order valence-electron chi connectivity index (χ2n) is 6.16. The van der Waals surface area contributed by atoms with Crippen LogP contribution < -0.4 is 15.8 Å². The molecule has 2 amide bonds. The van der Waals surface area contributed by atoms with Crippen molar-refractivity contribution in [2.75, 3.05) is 12.4 Å². The fourth-order valence-electron chi connectivity index (χ4n) is 2.67. The summed E-state index contributed by atoms with van der Waals surface area (Å²) < 4.78 is 10.9. The summed E-state index contributed by atoms with van der Waals surface area (Å²) >= 11 is 0. The Labute approximate surface area is 145 Å². The van der Waals surface area contributed by atoms with E-state index in [2.05, 4.69) is 12.2 Å². The Hall–Kier alpha value is -3.02. The van der Waals surface area contributed by atoms with E-state index in [9.17, 15) is 9.59 Å². The highest BCUT2D eigenvalue weighted by Gasteiger charge is 2.36. The molecule has 2 unspecified atom stereocenters. The van der Waals surface area contributed by atoms with Gasteiger partial charge in [0, 0.05) is 17.6 Å². The van der Waals surface area contributed by atoms with Crippen molar-refractivity contribution in [1.82, 2.24) is 0 Å². The van der Waals surface area contributed by atoms with Crippen LogP contribution in [0, 0.1) is 5.92 Å². The average Bonchev–Trinajstić information content (AvgIpc) is 3.13. The van der Waals surface area contributed by atoms with Crippen molar-refractivity contribution in [2.45, 2.75) is 19.3 Å². The van der Waals surface area contributed by atoms with Crippen LogP contribution in [0.25, 0.3) is 6.08 Å². The van der Waals surface area contributed by atoms with Crippen molar-refractivity contribution < 1.29 is 18.7 Å². The van der Waals surface area contributed by atoms with Crippen LogP contribution in [0.3, 0.4) is 0 Å². The van der Waals surface area contributed by atoms with E-state index < -0.39 is 5.91 Å². The minimum atomic E-state index is -0.578. The number of anilines is 1. The highest BCUT2D eigenvalue weighted by molar-refractivity contribution is 6.03. The van der Waals surface area contributed by atoms with Crippen molar-refractivity contribution in [3.63, 3.8) is 0 Å². The zero-order chi connectivity index (χ0) is 18.0. The maximum atomic E-state index is 12.1. The first kappa shape index (κ1) is 16.8. The van der Waals surface area contributed by atoms with E-state index in [1.54, 1.807) is 12.1 Å². The highest BCUT2D eigenvalue weighted by atomic mass is 16.5. The molecule has 130 valence electrons. The van der Waals surface area contributed by atoms with Crippen molar-refractivity contribution in [3.8, 4) is 5.75 Å². The molecule has 6 heteroatoms. The second-order valence-corrected chi connectivity index (χ2v) is 6.16. The first-order valence-electron chi connectivity index (χ1n) is 8.04. The van der Waals surface area contributed by atoms with E-state index in [1.165, 1.54) is 25.3 Å². The maximum absolute atomic E-state index is 12.1. The lowest BCUT2D eigenvalue weighted by atomic mass is 10.1. The van der Waals surface area contributed by atoms with E-state index in [4.69, 9.17) is 14.9 Å². The Bertz CT molecular complexity index is 838. The maximum Gasteiger partial charge on any atom is 0.248 e. The summed E-state index contributed by atoms with van der Waals surface area (Å²) in [4.78, 5) is 23.4. The molecule has 3 rings (SSSR count). The summed E-state index contributed by atoms with van der Waals surface area (Å²) in [6.45, 7) is 2.18. The summed E-state index contributed by atoms with van der Waals surface area (Å²) in [5.41, 5.74) is 5.92. The van der Waals surface area contributed by atoms with Crippen LogP contribution in [0.4, 0.5) is 5.69 Å². The standard InChI is InChI=1S/C19H20N2O4/c1-11-9-14(11)16-7-4-13(25-16)5-8-18(22)21-15-10-12(19(20)23)3-6-17(15)24-2/h3-8,10-11,14H,9H2,1-2H3,(H2,20,23)(H,21,22)/b8-5-. The number of carbonyl (C=O) groups excluding carboxylic acids is 2. The van der Waals surface area contributed by atoms with Gasteiger partial charge >= 0.3 is 0 Å². The van der Waals surface area contributed by atoms with Crippen molar-refractivity contribution in [2.24, 2.45) is 11.7 Å². The Balaban J connectivity index is 1.68. The van der Waals surface area contributed by atoms with E-state index in [0.717, 1.165) is 12.2 Å². The summed E-state index contributed by atoms with van der Waals surface area (Å²) in [6, 6.07) is 8.39. The third-order valence-electron chi connectivity index (χ3n) is 4.26. The van der Waals surface area contributed by atoms with Crippen LogP contribution >= 0.6 is 0 Å². The summed E-state index contributed by atoms with van der Waals surface area (Å²) in [5, 5.41) is 2.68. The number of primary amides is 1. The summed E-state index contributed by atoms with van der Waals surface area (Å²) in [6.07, 6.45) is 4.12. The van der Waals surface area contributed by atoms with Crippen LogP contribution in [-0.4, -0.2) is 18.9 Å². The topological polar surface area (TPSA) is 94.6 Å². The smallest absolute Gasteiger partial charge is 0.248 e. The lowest BCUT2D eigenvalue weighted by Gasteiger charge is -2.09. The zero-order valence-electron chi connectivity index (χ0n) is 14.1. The van der Waals surface area contributed by atoms with Gasteiger partial charge in [0.1, 0.15) is 17.3 Å². The van der Waals surface area contributed by atoms with Crippen LogP contribution in [0.5, 0.6) is 5.75 Å². The van der Waals surface area contributed by atoms with Gasteiger partial charge in [0.15, 0.2) is 0 Å². The number of rotatable bonds is 6. The molecule has 25 heavy (non-hydrogen) atoms. The molecule has 1 saturated carbocycles. The number of ether oxygens (including phenoxy) is 1. The molecule has 1 aromatic carbocycles. The van der Waals surface area contributed by atoms with Gasteiger partial charge < -0.3 is 20.2 Å². The molecule has 3 N–H and O–H groups in total. The van der Waals surface area contributed by atoms with Gasteiger partial charge in [-0.3, -0.25) is 9.59 Å². The van der Waals surface area contributed by atoms with Gasteiger partial charge in [0.05, 0.1) is 12.8 Å². The molecule has 1 aromatic heterocycles. The number of benzene rings is 1. The molecule has 0 radical (unpaired) electrons. The number of nitrogens with one attached hydrogen (secondary N) is 1. The summed E-state index contributed by atoms with van der Waals surface area (Å²) in [5.74, 6) is 2.25. The predicted molar refractivity (Wildman–Crippen MR) is 94.4 cm³/mol. The Kier molecular flexibility index (Phi) is 4.61. The fraction of sp³-hybridized carbons (Fsp3) is 0.263. The van der Waals surface area contributed by atoms with Crippen LogP contribution in [0.15, 0.2) is 40.8 Å². The fourth-order valence-corrected chi connectivity index (χ4v) is 2.67. The van der Waals surface area contributed by atoms with Crippen molar-refractivity contribution >= 4 is 23.6 Å². The van der Waals surface area contributed by atoms with E-state index in [0.29, 0.717) is 29.0 Å². The number of hydrogen-bond acceptors (Lipinski definition) is 4. The molecule has 1 aliphatic carbocycles. The molecule has 0 saturated heterocycles. The molecule has 1 fully saturated rings. The minimum absolute atomic E-state index is 0.286. The van der Waals surface area contributed by atoms with Crippen molar-refractivity contribution in [1.29, 1.82) is 0 Å². The predicted octanol–water partition coefficient (Wildman–Crippen LogP) is 3.16. The molecule has 0 spiro atoms. The van der Waals surface area contributed by atoms with Gasteiger partial charge in [0.25, 0.3) is 0 Å². The molecule has 6 nitrogen and oxygen atoms in total. The van der Waals surface area contributed by atoms with Crippen LogP contribution in [0.2, 0.25) is 0 Å². The molecule has 0 aliphatic heterocycles. The Morgan fingerprint density at radius 3 is 2.72 bits per heavy atom. The normalized spacial score (nSPS) is 19.0. The van der Waals surface area contributed by atoms with Gasteiger partial charge in [-0.15, -0.1) is 0 Å². The van der Waals surface area contributed by atoms with Gasteiger partial charge in [-0.2, -0.15) is 0 Å². The first-order chi connectivity index (χ1) is 12.0. The SMILES string of the molecule is COc1ccc(C(N)=O)cc1NC(=O)/C=C\c1ccc(C2CC2C)o1. The monoisotopic (exact) mass is 340 g/mol.